The zero-order valence-corrected chi connectivity index (χ0v) is 24.6. The molecule has 0 spiro atoms. The quantitative estimate of drug-likeness (QED) is 0.178. The first kappa shape index (κ1) is 32.1. The second-order valence-electron chi connectivity index (χ2n) is 10.1. The SMILES string of the molecule is NS(=O)(=O)c1ccc(CCN(CCC(=O)O)C(=O)c2ccccc2-c2ccccc2C(=O)N[C@H](CO)c2ccccc2)cc1. The number of sulfonamides is 1. The molecule has 5 N–H and O–H groups in total. The Morgan fingerprint density at radius 2 is 1.34 bits per heavy atom. The minimum atomic E-state index is -3.85. The van der Waals surface area contributed by atoms with E-state index in [1.165, 1.54) is 17.0 Å². The number of aliphatic hydroxyl groups excluding tert-OH is 1. The van der Waals surface area contributed by atoms with Crippen molar-refractivity contribution in [2.24, 2.45) is 5.14 Å². The molecule has 0 aromatic heterocycles. The predicted molar refractivity (Wildman–Crippen MR) is 165 cm³/mol. The molecule has 0 aliphatic heterocycles. The number of aliphatic hydroxyl groups is 1. The number of hydrogen-bond acceptors (Lipinski definition) is 6. The van der Waals surface area contributed by atoms with Gasteiger partial charge in [-0.25, -0.2) is 13.6 Å². The van der Waals surface area contributed by atoms with Gasteiger partial charge in [-0.2, -0.15) is 0 Å². The average Bonchev–Trinajstić information content (AvgIpc) is 3.03. The molecule has 4 aromatic rings. The fraction of sp³-hybridized carbons (Fsp3) is 0.182. The van der Waals surface area contributed by atoms with Gasteiger partial charge in [-0.05, 0) is 52.9 Å². The fourth-order valence-electron chi connectivity index (χ4n) is 4.80. The Labute approximate surface area is 255 Å². The Morgan fingerprint density at radius 1 is 0.773 bits per heavy atom. The van der Waals surface area contributed by atoms with E-state index in [1.807, 2.05) is 18.2 Å². The van der Waals surface area contributed by atoms with Crippen LogP contribution in [0.3, 0.4) is 0 Å². The van der Waals surface area contributed by atoms with Crippen LogP contribution < -0.4 is 10.5 Å². The van der Waals surface area contributed by atoms with Crippen molar-refractivity contribution in [2.45, 2.75) is 23.8 Å². The Hall–Kier alpha value is -4.84. The molecule has 0 saturated heterocycles. The first-order chi connectivity index (χ1) is 21.1. The van der Waals surface area contributed by atoms with Crippen molar-refractivity contribution in [3.8, 4) is 11.1 Å². The van der Waals surface area contributed by atoms with E-state index in [9.17, 15) is 33.0 Å². The van der Waals surface area contributed by atoms with Crippen molar-refractivity contribution in [3.63, 3.8) is 0 Å². The third kappa shape index (κ3) is 8.16. The summed E-state index contributed by atoms with van der Waals surface area (Å²) in [7, 11) is -3.85. The predicted octanol–water partition coefficient (Wildman–Crippen LogP) is 3.62. The Morgan fingerprint density at radius 3 is 1.93 bits per heavy atom. The number of carboxylic acids is 1. The van der Waals surface area contributed by atoms with Crippen LogP contribution in [0.2, 0.25) is 0 Å². The minimum Gasteiger partial charge on any atom is -0.481 e. The van der Waals surface area contributed by atoms with E-state index in [0.29, 0.717) is 23.1 Å². The normalized spacial score (nSPS) is 11.9. The van der Waals surface area contributed by atoms with Crippen LogP contribution in [0.5, 0.6) is 0 Å². The van der Waals surface area contributed by atoms with Gasteiger partial charge >= 0.3 is 5.97 Å². The van der Waals surface area contributed by atoms with Crippen molar-refractivity contribution in [1.29, 1.82) is 0 Å². The van der Waals surface area contributed by atoms with Gasteiger partial charge in [0.15, 0.2) is 0 Å². The van der Waals surface area contributed by atoms with E-state index in [-0.39, 0.29) is 36.6 Å². The molecule has 0 heterocycles. The molecular formula is C33H33N3O7S. The third-order valence-electron chi connectivity index (χ3n) is 7.11. The molecule has 11 heteroatoms. The lowest BCUT2D eigenvalue weighted by Gasteiger charge is -2.24. The molecular weight excluding hydrogens is 582 g/mol. The Kier molecular flexibility index (Phi) is 10.6. The highest BCUT2D eigenvalue weighted by atomic mass is 32.2. The molecule has 1 atom stereocenters. The van der Waals surface area contributed by atoms with Crippen LogP contribution in [0.15, 0.2) is 108 Å². The second-order valence-corrected chi connectivity index (χ2v) is 11.6. The molecule has 0 aliphatic carbocycles. The molecule has 228 valence electrons. The van der Waals surface area contributed by atoms with Gasteiger partial charge in [0.2, 0.25) is 10.0 Å². The zero-order chi connectivity index (χ0) is 31.7. The van der Waals surface area contributed by atoms with E-state index < -0.39 is 33.8 Å². The number of primary sulfonamides is 1. The van der Waals surface area contributed by atoms with Gasteiger partial charge in [-0.15, -0.1) is 0 Å². The summed E-state index contributed by atoms with van der Waals surface area (Å²) >= 11 is 0. The lowest BCUT2D eigenvalue weighted by Crippen LogP contribution is -2.35. The van der Waals surface area contributed by atoms with E-state index >= 15 is 0 Å². The number of nitrogens with two attached hydrogens (primary N) is 1. The maximum absolute atomic E-state index is 14.0. The number of amides is 2. The van der Waals surface area contributed by atoms with Crippen LogP contribution >= 0.6 is 0 Å². The van der Waals surface area contributed by atoms with Crippen molar-refractivity contribution in [1.82, 2.24) is 10.2 Å². The van der Waals surface area contributed by atoms with Gasteiger partial charge < -0.3 is 20.4 Å². The van der Waals surface area contributed by atoms with Crippen LogP contribution in [0, 0.1) is 0 Å². The maximum Gasteiger partial charge on any atom is 0.305 e. The number of nitrogens with zero attached hydrogens (tertiary/aromatic N) is 1. The number of nitrogens with one attached hydrogen (secondary N) is 1. The van der Waals surface area contributed by atoms with Crippen molar-refractivity contribution in [2.75, 3.05) is 19.7 Å². The lowest BCUT2D eigenvalue weighted by molar-refractivity contribution is -0.137. The van der Waals surface area contributed by atoms with Crippen LogP contribution in [0.4, 0.5) is 0 Å². The molecule has 4 aromatic carbocycles. The number of carbonyl (C=O) groups is 3. The van der Waals surface area contributed by atoms with Gasteiger partial charge in [0.25, 0.3) is 11.8 Å². The standard InChI is InChI=1S/C33H33N3O7S/c34-44(42,43)25-16-14-23(15-17-25)18-20-36(21-19-31(38)39)33(41)29-13-7-5-11-27(29)26-10-4-6-12-28(26)32(40)35-30(22-37)24-8-2-1-3-9-24/h1-17,30,37H,18-22H2,(H,35,40)(H,38,39)(H2,34,42,43)/t30-/m1/s1. The fourth-order valence-corrected chi connectivity index (χ4v) is 5.32. The molecule has 10 nitrogen and oxygen atoms in total. The maximum atomic E-state index is 14.0. The monoisotopic (exact) mass is 615 g/mol. The molecule has 0 saturated carbocycles. The van der Waals surface area contributed by atoms with Crippen LogP contribution in [0.25, 0.3) is 11.1 Å². The van der Waals surface area contributed by atoms with Crippen LogP contribution in [-0.2, 0) is 21.2 Å². The number of hydrogen-bond donors (Lipinski definition) is 4. The van der Waals surface area contributed by atoms with Gasteiger partial charge in [0.05, 0.1) is 24.0 Å². The first-order valence-electron chi connectivity index (χ1n) is 13.9. The number of carboxylic acid groups (broad SMARTS) is 1. The summed E-state index contributed by atoms with van der Waals surface area (Å²) in [5.41, 5.74) is 3.04. The average molecular weight is 616 g/mol. The van der Waals surface area contributed by atoms with Crippen molar-refractivity contribution >= 4 is 27.8 Å². The van der Waals surface area contributed by atoms with E-state index in [0.717, 1.165) is 11.1 Å². The highest BCUT2D eigenvalue weighted by Crippen LogP contribution is 2.29. The summed E-state index contributed by atoms with van der Waals surface area (Å²) < 4.78 is 23.2. The van der Waals surface area contributed by atoms with E-state index in [1.54, 1.807) is 72.8 Å². The number of benzene rings is 4. The number of aliphatic carboxylic acids is 1. The molecule has 0 unspecified atom stereocenters. The smallest absolute Gasteiger partial charge is 0.305 e. The largest absolute Gasteiger partial charge is 0.481 e. The summed E-state index contributed by atoms with van der Waals surface area (Å²) in [5, 5.41) is 27.4. The first-order valence-corrected chi connectivity index (χ1v) is 15.4. The Balaban J connectivity index is 1.62. The number of carbonyl (C=O) groups excluding carboxylic acids is 2. The number of rotatable bonds is 13. The molecule has 0 aliphatic rings. The zero-order valence-electron chi connectivity index (χ0n) is 23.8. The van der Waals surface area contributed by atoms with Gasteiger partial charge in [0.1, 0.15) is 0 Å². The van der Waals surface area contributed by atoms with Gasteiger partial charge in [-0.3, -0.25) is 14.4 Å². The second kappa shape index (κ2) is 14.6. The van der Waals surface area contributed by atoms with Crippen LogP contribution in [-0.4, -0.2) is 61.0 Å². The third-order valence-corrected chi connectivity index (χ3v) is 8.04. The summed E-state index contributed by atoms with van der Waals surface area (Å²) in [4.78, 5) is 40.3. The summed E-state index contributed by atoms with van der Waals surface area (Å²) in [5.74, 6) is -1.92. The minimum absolute atomic E-state index is 0.0363. The molecule has 4 rings (SSSR count). The van der Waals surface area contributed by atoms with Crippen LogP contribution in [0.1, 0.15) is 44.3 Å². The summed E-state index contributed by atoms with van der Waals surface area (Å²) in [6.45, 7) is -0.210. The summed E-state index contributed by atoms with van der Waals surface area (Å²) in [6, 6.07) is 28.0. The molecule has 2 amide bonds. The van der Waals surface area contributed by atoms with Crippen molar-refractivity contribution < 1.29 is 33.0 Å². The highest BCUT2D eigenvalue weighted by Gasteiger charge is 2.24. The Bertz CT molecular complexity index is 1730. The molecule has 44 heavy (non-hydrogen) atoms. The lowest BCUT2D eigenvalue weighted by atomic mass is 9.94. The molecule has 0 bridgehead atoms. The highest BCUT2D eigenvalue weighted by molar-refractivity contribution is 7.89. The van der Waals surface area contributed by atoms with Crippen molar-refractivity contribution in [3.05, 3.63) is 125 Å². The van der Waals surface area contributed by atoms with E-state index in [2.05, 4.69) is 5.32 Å². The molecule has 0 radical (unpaired) electrons. The van der Waals surface area contributed by atoms with E-state index in [4.69, 9.17) is 5.14 Å². The molecule has 0 fully saturated rings. The van der Waals surface area contributed by atoms with Gasteiger partial charge in [0, 0.05) is 24.2 Å². The topological polar surface area (TPSA) is 167 Å². The summed E-state index contributed by atoms with van der Waals surface area (Å²) in [6.07, 6.45) is 0.0543. The van der Waals surface area contributed by atoms with Gasteiger partial charge in [-0.1, -0.05) is 78.9 Å².